The molecular formula is C79H83Cl6N21O3. The quantitative estimate of drug-likeness (QED) is 0.0436. The molecule has 0 radical (unpaired) electrons. The second kappa shape index (κ2) is 36.0. The molecule has 3 saturated heterocycles. The Labute approximate surface area is 661 Å². The van der Waals surface area contributed by atoms with Gasteiger partial charge in [-0.1, -0.05) is 126 Å². The smallest absolute Gasteiger partial charge is 0.317 e. The minimum Gasteiger partial charge on any atom is -0.365 e. The highest BCUT2D eigenvalue weighted by molar-refractivity contribution is 6.34. The van der Waals surface area contributed by atoms with Crippen LogP contribution in [-0.2, 0) is 0 Å². The van der Waals surface area contributed by atoms with E-state index in [-0.39, 0.29) is 42.3 Å². The second-order valence-corrected chi connectivity index (χ2v) is 29.5. The van der Waals surface area contributed by atoms with Crippen molar-refractivity contribution in [3.05, 3.63) is 195 Å². The molecule has 6 aromatic carbocycles. The summed E-state index contributed by atoms with van der Waals surface area (Å²) in [6.07, 6.45) is 12.5. The van der Waals surface area contributed by atoms with Crippen molar-refractivity contribution >= 4 is 139 Å². The number of fused-ring (bicyclic) bond motifs is 3. The van der Waals surface area contributed by atoms with Gasteiger partial charge in [-0.15, -0.1) is 0 Å². The molecule has 24 nitrogen and oxygen atoms in total. The third-order valence-electron chi connectivity index (χ3n) is 19.0. The molecular weight excluding hydrogens is 1500 g/mol. The van der Waals surface area contributed by atoms with Gasteiger partial charge in [0.1, 0.15) is 36.5 Å². The number of urea groups is 3. The van der Waals surface area contributed by atoms with Gasteiger partial charge in [0.15, 0.2) is 50.9 Å². The summed E-state index contributed by atoms with van der Waals surface area (Å²) in [6, 6.07) is 46.1. The van der Waals surface area contributed by atoms with Crippen molar-refractivity contribution in [1.82, 2.24) is 89.2 Å². The number of unbranched alkanes of at least 4 members (excludes halogenated alkanes) is 1. The summed E-state index contributed by atoms with van der Waals surface area (Å²) in [5.41, 5.74) is 8.96. The van der Waals surface area contributed by atoms with Crippen molar-refractivity contribution < 1.29 is 14.4 Å². The minimum absolute atomic E-state index is 0.00538. The predicted molar refractivity (Wildman–Crippen MR) is 437 cm³/mol. The molecule has 12 aromatic rings. The van der Waals surface area contributed by atoms with Crippen molar-refractivity contribution in [2.45, 2.75) is 110 Å². The molecule has 6 aromatic heterocycles. The van der Waals surface area contributed by atoms with Crippen LogP contribution in [0.25, 0.3) is 84.7 Å². The minimum atomic E-state index is -0.0148. The number of imidazole rings is 3. The molecule has 0 aliphatic carbocycles. The van der Waals surface area contributed by atoms with Crippen LogP contribution in [0.4, 0.5) is 31.8 Å². The summed E-state index contributed by atoms with van der Waals surface area (Å²) in [4.78, 5) is 84.9. The largest absolute Gasteiger partial charge is 0.365 e. The van der Waals surface area contributed by atoms with Gasteiger partial charge in [-0.2, -0.15) is 0 Å². The molecule has 0 atom stereocenters. The summed E-state index contributed by atoms with van der Waals surface area (Å²) in [6.45, 7) is 13.6. The predicted octanol–water partition coefficient (Wildman–Crippen LogP) is 17.7. The Bertz CT molecular complexity index is 5130. The summed E-state index contributed by atoms with van der Waals surface area (Å²) in [5, 5.41) is 23.3. The Morgan fingerprint density at radius 2 is 0.697 bits per heavy atom. The number of halogens is 6. The van der Waals surface area contributed by atoms with Gasteiger partial charge in [-0.25, -0.2) is 59.2 Å². The number of piperidine rings is 3. The average Bonchev–Trinajstić information content (AvgIpc) is 1.62. The molecule has 3 fully saturated rings. The Morgan fingerprint density at radius 1 is 0.394 bits per heavy atom. The van der Waals surface area contributed by atoms with E-state index in [1.807, 2.05) is 195 Å². The Kier molecular flexibility index (Phi) is 25.4. The zero-order valence-corrected chi connectivity index (χ0v) is 65.2. The van der Waals surface area contributed by atoms with Crippen molar-refractivity contribution in [3.63, 3.8) is 0 Å². The fourth-order valence-corrected chi connectivity index (χ4v) is 14.4. The van der Waals surface area contributed by atoms with Crippen molar-refractivity contribution in [2.24, 2.45) is 0 Å². The fourth-order valence-electron chi connectivity index (χ4n) is 13.4. The van der Waals surface area contributed by atoms with Crippen LogP contribution < -0.4 is 31.9 Å². The zero-order valence-electron chi connectivity index (χ0n) is 60.6. The van der Waals surface area contributed by atoms with E-state index in [0.29, 0.717) is 144 Å². The standard InChI is InChI=1S/C27H29Cl2N7O.2C26H27Cl2N7O/c1-2-3-14-30-27(37)35-15-12-19(13-16-35)33-24-23-26(32-17-31-24)36(20-10-8-18(28)9-11-20)25(34-23)21-6-4-5-7-22(21)29;1-16(2)31-26(36)34-13-11-18(12-14-34)32-23-22-25(30-15-29-23)35(19-9-7-17(27)8-10-19)24(33-22)20-5-3-4-6-21(20)28;1-2-13-29-26(36)34-14-11-18(12-15-34)32-23-22-25(31-16-30-23)35(19-9-7-17(27)8-10-19)24(33-22)20-5-3-4-6-21(20)28/h4-11,17,19H,2-3,12-16H2,1H3,(H,30,37)(H,31,32,33);3-10,15-16,18H,11-14H2,1-2H3,(H,31,36)(H,29,30,32);3-10,16,18H,2,11-15H2,1H3,(H,29,36)(H,30,31,32). The highest BCUT2D eigenvalue weighted by Crippen LogP contribution is 2.39. The van der Waals surface area contributed by atoms with Gasteiger partial charge < -0.3 is 46.6 Å². The summed E-state index contributed by atoms with van der Waals surface area (Å²) >= 11 is 38.2. The van der Waals surface area contributed by atoms with Crippen LogP contribution in [0.5, 0.6) is 0 Å². The summed E-state index contributed by atoms with van der Waals surface area (Å²) in [5.74, 6) is 3.99. The number of carbonyl (C=O) groups excluding carboxylic acids is 3. The van der Waals surface area contributed by atoms with Gasteiger partial charge in [0.05, 0.1) is 15.1 Å². The number of rotatable bonds is 18. The number of amides is 6. The first-order chi connectivity index (χ1) is 53.0. The van der Waals surface area contributed by atoms with Gasteiger partial charge in [0.25, 0.3) is 0 Å². The summed E-state index contributed by atoms with van der Waals surface area (Å²) < 4.78 is 5.92. The normalized spacial score (nSPS) is 14.3. The number of benzene rings is 6. The number of aromatic nitrogens is 12. The van der Waals surface area contributed by atoms with Crippen molar-refractivity contribution in [3.8, 4) is 51.2 Å². The molecule has 15 rings (SSSR count). The molecule has 30 heteroatoms. The molecule has 0 spiro atoms. The number of carbonyl (C=O) groups is 3. The lowest BCUT2D eigenvalue weighted by Crippen LogP contribution is -2.48. The van der Waals surface area contributed by atoms with Gasteiger partial charge in [0, 0.05) is 125 Å². The first-order valence-electron chi connectivity index (χ1n) is 36.6. The van der Waals surface area contributed by atoms with Crippen molar-refractivity contribution in [2.75, 3.05) is 68.3 Å². The average molecular weight is 1590 g/mol. The molecule has 0 bridgehead atoms. The lowest BCUT2D eigenvalue weighted by atomic mass is 10.1. The van der Waals surface area contributed by atoms with E-state index in [0.717, 1.165) is 98.1 Å². The van der Waals surface area contributed by atoms with Crippen LogP contribution in [0, 0.1) is 0 Å². The molecule has 564 valence electrons. The highest BCUT2D eigenvalue weighted by Gasteiger charge is 2.30. The third-order valence-corrected chi connectivity index (χ3v) is 20.8. The number of anilines is 3. The first-order valence-corrected chi connectivity index (χ1v) is 38.9. The SMILES string of the molecule is CC(C)NC(=O)N1CCC(Nc2ncnc3c2nc(-c2ccccc2Cl)n3-c2ccc(Cl)cc2)CC1.CCCCNC(=O)N1CCC(Nc2ncnc3c2nc(-c2ccccc2Cl)n3-c2ccc(Cl)cc2)CC1.CCCNC(=O)N1CCC(Nc2ncnc3c2nc(-c2ccccc2Cl)n3-c2ccc(Cl)cc2)CC1. The van der Waals surface area contributed by atoms with Gasteiger partial charge in [-0.3, -0.25) is 13.7 Å². The molecule has 3 aliphatic rings. The van der Waals surface area contributed by atoms with Crippen molar-refractivity contribution in [1.29, 1.82) is 0 Å². The first kappa shape index (κ1) is 77.1. The molecule has 6 amide bonds. The monoisotopic (exact) mass is 1580 g/mol. The number of hydrogen-bond donors (Lipinski definition) is 6. The number of likely N-dealkylation sites (tertiary alicyclic amines) is 3. The summed E-state index contributed by atoms with van der Waals surface area (Å²) in [7, 11) is 0. The van der Waals surface area contributed by atoms with E-state index in [1.165, 1.54) is 0 Å². The van der Waals surface area contributed by atoms with Crippen LogP contribution in [0.15, 0.2) is 165 Å². The van der Waals surface area contributed by atoms with Gasteiger partial charge in [0.2, 0.25) is 0 Å². The zero-order chi connectivity index (χ0) is 76.1. The molecule has 6 N–H and O–H groups in total. The van der Waals surface area contributed by atoms with E-state index in [9.17, 15) is 14.4 Å². The molecule has 0 unspecified atom stereocenters. The maximum absolute atomic E-state index is 12.4. The van der Waals surface area contributed by atoms with E-state index < -0.39 is 0 Å². The second-order valence-electron chi connectivity index (χ2n) is 27.0. The molecule has 3 aliphatic heterocycles. The number of nitrogens with zero attached hydrogens (tertiary/aromatic N) is 15. The topological polar surface area (TPSA) is 264 Å². The lowest BCUT2D eigenvalue weighted by Gasteiger charge is -2.33. The van der Waals surface area contributed by atoms with Crippen LogP contribution in [0.2, 0.25) is 30.1 Å². The molecule has 0 saturated carbocycles. The van der Waals surface area contributed by atoms with Gasteiger partial charge in [-0.05, 0) is 174 Å². The Balaban J connectivity index is 0.000000144. The maximum atomic E-state index is 12.4. The Hall–Kier alpha value is -10.1. The number of hydrogen-bond acceptors (Lipinski definition) is 15. The van der Waals surface area contributed by atoms with E-state index in [2.05, 4.69) is 68.7 Å². The van der Waals surface area contributed by atoms with E-state index in [4.69, 9.17) is 84.6 Å². The third kappa shape index (κ3) is 18.3. The van der Waals surface area contributed by atoms with Crippen LogP contribution >= 0.6 is 69.6 Å². The Morgan fingerprint density at radius 3 is 0.991 bits per heavy atom. The maximum Gasteiger partial charge on any atom is 0.317 e. The van der Waals surface area contributed by atoms with E-state index >= 15 is 0 Å². The van der Waals surface area contributed by atoms with Crippen LogP contribution in [-0.4, -0.2) is 168 Å². The van der Waals surface area contributed by atoms with Crippen LogP contribution in [0.1, 0.15) is 85.5 Å². The fraction of sp³-hybridized carbons (Fsp3) is 0.316. The van der Waals surface area contributed by atoms with Gasteiger partial charge >= 0.3 is 18.1 Å². The highest BCUT2D eigenvalue weighted by atomic mass is 35.5. The number of nitrogens with one attached hydrogen (secondary N) is 6. The van der Waals surface area contributed by atoms with Crippen LogP contribution in [0.3, 0.4) is 0 Å². The molecule has 9 heterocycles. The van der Waals surface area contributed by atoms with E-state index in [1.54, 1.807) is 19.0 Å². The lowest BCUT2D eigenvalue weighted by molar-refractivity contribution is 0.181. The molecule has 109 heavy (non-hydrogen) atoms.